The summed E-state index contributed by atoms with van der Waals surface area (Å²) < 4.78 is 5.97. The summed E-state index contributed by atoms with van der Waals surface area (Å²) in [5, 5.41) is 0.252. The van der Waals surface area contributed by atoms with Crippen molar-refractivity contribution in [2.24, 2.45) is 5.73 Å². The second-order valence-electron chi connectivity index (χ2n) is 5.52. The molecule has 0 amide bonds. The molecule has 0 bridgehead atoms. The summed E-state index contributed by atoms with van der Waals surface area (Å²) in [6.45, 7) is 17.5. The molecular formula is C11H25NOSi. The molecule has 0 aliphatic rings. The van der Waals surface area contributed by atoms with Crippen LogP contribution < -0.4 is 5.73 Å². The van der Waals surface area contributed by atoms with Gasteiger partial charge in [-0.2, -0.15) is 0 Å². The molecule has 0 aromatic heterocycles. The molecule has 3 heteroatoms. The second kappa shape index (κ2) is 4.60. The zero-order chi connectivity index (χ0) is 11.6. The van der Waals surface area contributed by atoms with Gasteiger partial charge in [-0.3, -0.25) is 0 Å². The van der Waals surface area contributed by atoms with Gasteiger partial charge < -0.3 is 10.2 Å². The summed E-state index contributed by atoms with van der Waals surface area (Å²) in [6, 6.07) is -0.0240. The highest BCUT2D eigenvalue weighted by Crippen LogP contribution is 2.36. The highest BCUT2D eigenvalue weighted by Gasteiger charge is 2.37. The predicted molar refractivity (Wildman–Crippen MR) is 65.9 cm³/mol. The smallest absolute Gasteiger partial charge is 0.192 e. The van der Waals surface area contributed by atoms with E-state index >= 15 is 0 Å². The lowest BCUT2D eigenvalue weighted by Gasteiger charge is -2.37. The lowest BCUT2D eigenvalue weighted by Crippen LogP contribution is -2.44. The summed E-state index contributed by atoms with van der Waals surface area (Å²) >= 11 is 0. The summed E-state index contributed by atoms with van der Waals surface area (Å²) in [6.07, 6.45) is 0. The van der Waals surface area contributed by atoms with Crippen LogP contribution in [0.3, 0.4) is 0 Å². The van der Waals surface area contributed by atoms with Crippen molar-refractivity contribution in [2.45, 2.75) is 51.9 Å². The molecule has 0 radical (unpaired) electrons. The Labute approximate surface area is 89.7 Å². The van der Waals surface area contributed by atoms with Gasteiger partial charge in [0, 0.05) is 6.04 Å². The van der Waals surface area contributed by atoms with E-state index in [4.69, 9.17) is 10.2 Å². The van der Waals surface area contributed by atoms with Crippen LogP contribution in [0.15, 0.2) is 12.2 Å². The molecule has 2 N–H and O–H groups in total. The van der Waals surface area contributed by atoms with Gasteiger partial charge in [0.05, 0.1) is 6.61 Å². The largest absolute Gasteiger partial charge is 0.415 e. The van der Waals surface area contributed by atoms with E-state index in [1.165, 1.54) is 0 Å². The van der Waals surface area contributed by atoms with Crippen LogP contribution >= 0.6 is 0 Å². The van der Waals surface area contributed by atoms with E-state index in [9.17, 15) is 0 Å². The standard InChI is InChI=1S/C11H25NOSi/c1-9(2)10(12)8-13-14(6,7)11(3,4)5/h10H,1,8,12H2,2-7H3. The maximum atomic E-state index is 5.97. The molecule has 84 valence electrons. The fourth-order valence-electron chi connectivity index (χ4n) is 0.657. The molecule has 1 unspecified atom stereocenters. The maximum absolute atomic E-state index is 5.97. The van der Waals surface area contributed by atoms with Crippen molar-refractivity contribution in [1.29, 1.82) is 0 Å². The molecule has 0 saturated carbocycles. The quantitative estimate of drug-likeness (QED) is 0.578. The third-order valence-corrected chi connectivity index (χ3v) is 7.56. The van der Waals surface area contributed by atoms with E-state index in [1.807, 2.05) is 6.92 Å². The molecule has 0 heterocycles. The van der Waals surface area contributed by atoms with Crippen LogP contribution in [0.2, 0.25) is 18.1 Å². The van der Waals surface area contributed by atoms with Crippen LogP contribution in [0, 0.1) is 0 Å². The molecule has 0 aliphatic heterocycles. The topological polar surface area (TPSA) is 35.2 Å². The zero-order valence-electron chi connectivity index (χ0n) is 10.5. The Hall–Kier alpha value is -0.123. The average molecular weight is 215 g/mol. The van der Waals surface area contributed by atoms with Crippen molar-refractivity contribution in [2.75, 3.05) is 6.61 Å². The molecule has 0 spiro atoms. The van der Waals surface area contributed by atoms with Gasteiger partial charge in [0.25, 0.3) is 0 Å². The molecule has 0 aromatic carbocycles. The fraction of sp³-hybridized carbons (Fsp3) is 0.818. The van der Waals surface area contributed by atoms with Gasteiger partial charge in [-0.05, 0) is 25.1 Å². The number of hydrogen-bond acceptors (Lipinski definition) is 2. The van der Waals surface area contributed by atoms with Gasteiger partial charge in [0.2, 0.25) is 0 Å². The highest BCUT2D eigenvalue weighted by atomic mass is 28.4. The molecule has 0 fully saturated rings. The third kappa shape index (κ3) is 3.94. The monoisotopic (exact) mass is 215 g/mol. The van der Waals surface area contributed by atoms with Crippen LogP contribution in [-0.2, 0) is 4.43 Å². The van der Waals surface area contributed by atoms with Gasteiger partial charge in [-0.1, -0.05) is 32.9 Å². The van der Waals surface area contributed by atoms with E-state index in [1.54, 1.807) is 0 Å². The van der Waals surface area contributed by atoms with Crippen molar-refractivity contribution in [3.05, 3.63) is 12.2 Å². The number of nitrogens with two attached hydrogens (primary N) is 1. The van der Waals surface area contributed by atoms with Gasteiger partial charge in [0.15, 0.2) is 8.32 Å². The van der Waals surface area contributed by atoms with Crippen LogP contribution in [-0.4, -0.2) is 21.0 Å². The minimum atomic E-state index is -1.63. The predicted octanol–water partition coefficient (Wildman–Crippen LogP) is 2.91. The Morgan fingerprint density at radius 3 is 2.14 bits per heavy atom. The van der Waals surface area contributed by atoms with Crippen molar-refractivity contribution >= 4 is 8.32 Å². The first-order valence-electron chi connectivity index (χ1n) is 5.13. The summed E-state index contributed by atoms with van der Waals surface area (Å²) in [7, 11) is -1.63. The van der Waals surface area contributed by atoms with Crippen LogP contribution in [0.4, 0.5) is 0 Å². The Morgan fingerprint density at radius 1 is 1.43 bits per heavy atom. The minimum Gasteiger partial charge on any atom is -0.415 e. The molecule has 0 saturated heterocycles. The Kier molecular flexibility index (Phi) is 4.56. The van der Waals surface area contributed by atoms with Crippen LogP contribution in [0.5, 0.6) is 0 Å². The highest BCUT2D eigenvalue weighted by molar-refractivity contribution is 6.74. The van der Waals surface area contributed by atoms with Crippen molar-refractivity contribution < 1.29 is 4.43 Å². The van der Waals surface area contributed by atoms with Gasteiger partial charge in [0.1, 0.15) is 0 Å². The van der Waals surface area contributed by atoms with E-state index < -0.39 is 8.32 Å². The Balaban J connectivity index is 4.20. The van der Waals surface area contributed by atoms with E-state index in [-0.39, 0.29) is 11.1 Å². The van der Waals surface area contributed by atoms with Gasteiger partial charge in [-0.25, -0.2) is 0 Å². The molecule has 0 aromatic rings. The fourth-order valence-corrected chi connectivity index (χ4v) is 1.69. The van der Waals surface area contributed by atoms with Gasteiger partial charge in [-0.15, -0.1) is 0 Å². The van der Waals surface area contributed by atoms with Crippen LogP contribution in [0.1, 0.15) is 27.7 Å². The Morgan fingerprint density at radius 2 is 1.86 bits per heavy atom. The van der Waals surface area contributed by atoms with Crippen LogP contribution in [0.25, 0.3) is 0 Å². The molecule has 2 nitrogen and oxygen atoms in total. The molecule has 0 rings (SSSR count). The first kappa shape index (κ1) is 13.9. The summed E-state index contributed by atoms with van der Waals surface area (Å²) in [5.74, 6) is 0. The molecule has 0 aliphatic carbocycles. The third-order valence-electron chi connectivity index (χ3n) is 3.06. The first-order chi connectivity index (χ1) is 6.08. The lowest BCUT2D eigenvalue weighted by molar-refractivity contribution is 0.275. The van der Waals surface area contributed by atoms with Crippen molar-refractivity contribution in [3.63, 3.8) is 0 Å². The minimum absolute atomic E-state index is 0.0240. The zero-order valence-corrected chi connectivity index (χ0v) is 11.5. The van der Waals surface area contributed by atoms with E-state index in [0.29, 0.717) is 6.61 Å². The van der Waals surface area contributed by atoms with Gasteiger partial charge >= 0.3 is 0 Å². The summed E-state index contributed by atoms with van der Waals surface area (Å²) in [4.78, 5) is 0. The van der Waals surface area contributed by atoms with Crippen molar-refractivity contribution in [1.82, 2.24) is 0 Å². The first-order valence-corrected chi connectivity index (χ1v) is 8.03. The van der Waals surface area contributed by atoms with E-state index in [2.05, 4.69) is 40.4 Å². The Bertz CT molecular complexity index is 206. The molecule has 1 atom stereocenters. The maximum Gasteiger partial charge on any atom is 0.192 e. The SMILES string of the molecule is C=C(C)C(N)CO[Si](C)(C)C(C)(C)C. The number of hydrogen-bond donors (Lipinski definition) is 1. The normalized spacial score (nSPS) is 15.4. The second-order valence-corrected chi connectivity index (χ2v) is 10.3. The number of rotatable bonds is 4. The lowest BCUT2D eigenvalue weighted by atomic mass is 10.2. The molecule has 14 heavy (non-hydrogen) atoms. The van der Waals surface area contributed by atoms with Crippen molar-refractivity contribution in [3.8, 4) is 0 Å². The average Bonchev–Trinajstić information content (AvgIpc) is 1.97. The van der Waals surface area contributed by atoms with E-state index in [0.717, 1.165) is 5.57 Å². The molecular weight excluding hydrogens is 190 g/mol. The summed E-state index contributed by atoms with van der Waals surface area (Å²) in [5.41, 5.74) is 6.85.